The number of aliphatic hydroxyl groups is 2. The smallest absolute Gasteiger partial charge is 0.303 e. The van der Waals surface area contributed by atoms with E-state index >= 15 is 0 Å². The van der Waals surface area contributed by atoms with Gasteiger partial charge in [-0.05, 0) is 25.7 Å². The van der Waals surface area contributed by atoms with Gasteiger partial charge in [0.1, 0.15) is 0 Å². The molecule has 3 N–H and O–H groups in total. The van der Waals surface area contributed by atoms with E-state index in [1.807, 2.05) is 0 Å². The average molecular weight is 288 g/mol. The third-order valence-electron chi connectivity index (χ3n) is 3.66. The van der Waals surface area contributed by atoms with E-state index in [0.29, 0.717) is 12.8 Å². The van der Waals surface area contributed by atoms with E-state index in [9.17, 15) is 15.0 Å². The van der Waals surface area contributed by atoms with Gasteiger partial charge in [-0.25, -0.2) is 0 Å². The highest BCUT2D eigenvalue weighted by Crippen LogP contribution is 2.13. The molecule has 0 aliphatic rings. The van der Waals surface area contributed by atoms with Gasteiger partial charge in [-0.15, -0.1) is 0 Å². The van der Waals surface area contributed by atoms with Crippen molar-refractivity contribution in [1.82, 2.24) is 0 Å². The van der Waals surface area contributed by atoms with Crippen molar-refractivity contribution >= 4 is 5.97 Å². The van der Waals surface area contributed by atoms with Gasteiger partial charge < -0.3 is 15.3 Å². The maximum Gasteiger partial charge on any atom is 0.303 e. The Hall–Kier alpha value is -0.610. The fraction of sp³-hybridized carbons (Fsp3) is 0.938. The lowest BCUT2D eigenvalue weighted by Gasteiger charge is -2.10. The molecule has 2 atom stereocenters. The van der Waals surface area contributed by atoms with Gasteiger partial charge in [0.25, 0.3) is 0 Å². The normalized spacial score (nSPS) is 14.2. The quantitative estimate of drug-likeness (QED) is 0.428. The highest BCUT2D eigenvalue weighted by Gasteiger charge is 2.07. The number of unbranched alkanes of at least 4 members (excludes halogenated alkanes) is 5. The molecule has 120 valence electrons. The molecule has 0 amide bonds. The minimum Gasteiger partial charge on any atom is -0.481 e. The molecule has 0 aromatic carbocycles. The van der Waals surface area contributed by atoms with E-state index < -0.39 is 12.1 Å². The number of carboxylic acids is 1. The van der Waals surface area contributed by atoms with Crippen LogP contribution in [-0.2, 0) is 4.79 Å². The maximum absolute atomic E-state index is 10.3. The molecule has 0 saturated heterocycles. The second-order valence-electron chi connectivity index (χ2n) is 5.73. The number of aliphatic hydroxyl groups excluding tert-OH is 2. The van der Waals surface area contributed by atoms with Crippen LogP contribution in [0.5, 0.6) is 0 Å². The molecule has 4 heteroatoms. The van der Waals surface area contributed by atoms with Crippen LogP contribution in [0.4, 0.5) is 0 Å². The highest BCUT2D eigenvalue weighted by atomic mass is 16.4. The van der Waals surface area contributed by atoms with Crippen molar-refractivity contribution < 1.29 is 20.1 Å². The van der Waals surface area contributed by atoms with E-state index in [2.05, 4.69) is 6.92 Å². The first-order valence-electron chi connectivity index (χ1n) is 8.14. The molecular formula is C16H32O4. The lowest BCUT2D eigenvalue weighted by atomic mass is 10.0. The lowest BCUT2D eigenvalue weighted by Crippen LogP contribution is -2.09. The van der Waals surface area contributed by atoms with Gasteiger partial charge in [-0.3, -0.25) is 4.79 Å². The zero-order valence-corrected chi connectivity index (χ0v) is 12.9. The number of carbonyl (C=O) groups is 1. The van der Waals surface area contributed by atoms with Crippen molar-refractivity contribution in [2.45, 2.75) is 96.2 Å². The summed E-state index contributed by atoms with van der Waals surface area (Å²) in [7, 11) is 0. The van der Waals surface area contributed by atoms with Crippen LogP contribution in [0.25, 0.3) is 0 Å². The van der Waals surface area contributed by atoms with Gasteiger partial charge in [0, 0.05) is 6.42 Å². The van der Waals surface area contributed by atoms with Gasteiger partial charge in [0.15, 0.2) is 0 Å². The Labute approximate surface area is 123 Å². The fourth-order valence-corrected chi connectivity index (χ4v) is 2.31. The SMILES string of the molecule is CCCCC(O)CCCCCCCC(O)CCC(=O)O. The summed E-state index contributed by atoms with van der Waals surface area (Å²) in [6.07, 6.45) is 9.96. The number of hydrogen-bond donors (Lipinski definition) is 3. The molecule has 2 unspecified atom stereocenters. The summed E-state index contributed by atoms with van der Waals surface area (Å²) in [4.78, 5) is 10.3. The Kier molecular flexibility index (Phi) is 13.0. The molecule has 0 radical (unpaired) electrons. The van der Waals surface area contributed by atoms with Crippen LogP contribution in [0.1, 0.15) is 84.0 Å². The van der Waals surface area contributed by atoms with Crippen LogP contribution in [0.15, 0.2) is 0 Å². The van der Waals surface area contributed by atoms with E-state index in [1.54, 1.807) is 0 Å². The highest BCUT2D eigenvalue weighted by molar-refractivity contribution is 5.66. The first-order valence-corrected chi connectivity index (χ1v) is 8.14. The second-order valence-corrected chi connectivity index (χ2v) is 5.73. The van der Waals surface area contributed by atoms with Gasteiger partial charge >= 0.3 is 5.97 Å². The van der Waals surface area contributed by atoms with E-state index in [1.165, 1.54) is 0 Å². The van der Waals surface area contributed by atoms with Crippen molar-refractivity contribution in [3.63, 3.8) is 0 Å². The van der Waals surface area contributed by atoms with Crippen LogP contribution in [0, 0.1) is 0 Å². The largest absolute Gasteiger partial charge is 0.481 e. The Bertz CT molecular complexity index is 231. The topological polar surface area (TPSA) is 77.8 Å². The number of hydrogen-bond acceptors (Lipinski definition) is 3. The van der Waals surface area contributed by atoms with Crippen LogP contribution in [0.2, 0.25) is 0 Å². The molecule has 20 heavy (non-hydrogen) atoms. The molecule has 0 rings (SSSR count). The Morgan fingerprint density at radius 3 is 1.75 bits per heavy atom. The van der Waals surface area contributed by atoms with Crippen LogP contribution in [-0.4, -0.2) is 33.5 Å². The summed E-state index contributed by atoms with van der Waals surface area (Å²) in [5, 5.41) is 27.7. The van der Waals surface area contributed by atoms with Gasteiger partial charge in [0.05, 0.1) is 12.2 Å². The zero-order chi connectivity index (χ0) is 15.2. The molecule has 0 aromatic rings. The van der Waals surface area contributed by atoms with Gasteiger partial charge in [-0.2, -0.15) is 0 Å². The number of rotatable bonds is 14. The molecule has 0 fully saturated rings. The van der Waals surface area contributed by atoms with Gasteiger partial charge in [0.2, 0.25) is 0 Å². The van der Waals surface area contributed by atoms with Crippen LogP contribution >= 0.6 is 0 Å². The van der Waals surface area contributed by atoms with Crippen molar-refractivity contribution in [3.05, 3.63) is 0 Å². The molecule has 0 spiro atoms. The summed E-state index contributed by atoms with van der Waals surface area (Å²) in [6.45, 7) is 2.14. The number of carboxylic acid groups (broad SMARTS) is 1. The standard InChI is InChI=1S/C16H32O4/c1-2-3-9-14(17)10-7-5-4-6-8-11-15(18)12-13-16(19)20/h14-15,17-18H,2-13H2,1H3,(H,19,20). The summed E-state index contributed by atoms with van der Waals surface area (Å²) < 4.78 is 0. The molecule has 0 aliphatic heterocycles. The van der Waals surface area contributed by atoms with Crippen molar-refractivity contribution in [1.29, 1.82) is 0 Å². The summed E-state index contributed by atoms with van der Waals surface area (Å²) in [5.74, 6) is -0.842. The van der Waals surface area contributed by atoms with E-state index in [0.717, 1.165) is 57.8 Å². The third-order valence-corrected chi connectivity index (χ3v) is 3.66. The molecule has 4 nitrogen and oxygen atoms in total. The minimum atomic E-state index is -0.842. The molecule has 0 aliphatic carbocycles. The van der Waals surface area contributed by atoms with Gasteiger partial charge in [-0.1, -0.05) is 51.9 Å². The Morgan fingerprint density at radius 2 is 1.25 bits per heavy atom. The van der Waals surface area contributed by atoms with E-state index in [4.69, 9.17) is 5.11 Å². The maximum atomic E-state index is 10.3. The molecule has 0 heterocycles. The third kappa shape index (κ3) is 13.8. The molecular weight excluding hydrogens is 256 g/mol. The predicted molar refractivity (Wildman–Crippen MR) is 80.7 cm³/mol. The zero-order valence-electron chi connectivity index (χ0n) is 12.9. The summed E-state index contributed by atoms with van der Waals surface area (Å²) in [5.41, 5.74) is 0. The summed E-state index contributed by atoms with van der Waals surface area (Å²) in [6, 6.07) is 0. The summed E-state index contributed by atoms with van der Waals surface area (Å²) >= 11 is 0. The average Bonchev–Trinajstić information content (AvgIpc) is 2.41. The molecule has 0 saturated carbocycles. The monoisotopic (exact) mass is 288 g/mol. The first-order chi connectivity index (χ1) is 9.56. The molecule has 0 bridgehead atoms. The molecule has 0 aromatic heterocycles. The van der Waals surface area contributed by atoms with Crippen LogP contribution in [0.3, 0.4) is 0 Å². The van der Waals surface area contributed by atoms with Crippen molar-refractivity contribution in [3.8, 4) is 0 Å². The first kappa shape index (κ1) is 19.4. The number of aliphatic carboxylic acids is 1. The van der Waals surface area contributed by atoms with Crippen molar-refractivity contribution in [2.75, 3.05) is 0 Å². The predicted octanol–water partition coefficient (Wildman–Crippen LogP) is 3.49. The minimum absolute atomic E-state index is 0.0524. The van der Waals surface area contributed by atoms with E-state index in [-0.39, 0.29) is 12.5 Å². The Balaban J connectivity index is 3.25. The lowest BCUT2D eigenvalue weighted by molar-refractivity contribution is -0.137. The van der Waals surface area contributed by atoms with Crippen LogP contribution < -0.4 is 0 Å². The van der Waals surface area contributed by atoms with Crippen molar-refractivity contribution in [2.24, 2.45) is 0 Å². The second kappa shape index (κ2) is 13.4. The Morgan fingerprint density at radius 1 is 0.800 bits per heavy atom. The fourth-order valence-electron chi connectivity index (χ4n) is 2.31.